The first kappa shape index (κ1) is 16.4. The van der Waals surface area contributed by atoms with E-state index in [2.05, 4.69) is 43.3 Å². The number of quaternary nitrogens is 1. The SMILES string of the molecule is CCC[NH+]1CC(=Cc2ccccc2)C(=O)/C(=C/c2ccccc2)C1. The molecule has 0 radical (unpaired) electrons. The molecule has 0 aromatic heterocycles. The van der Waals surface area contributed by atoms with E-state index in [1.807, 2.05) is 36.4 Å². The first-order valence-electron chi connectivity index (χ1n) is 8.66. The second kappa shape index (κ2) is 7.89. The monoisotopic (exact) mass is 318 g/mol. The van der Waals surface area contributed by atoms with Gasteiger partial charge in [-0.3, -0.25) is 4.79 Å². The zero-order chi connectivity index (χ0) is 16.8. The molecule has 1 unspecified atom stereocenters. The molecule has 122 valence electrons. The number of carbonyl (C=O) groups excluding carboxylic acids is 1. The number of hydrogen-bond donors (Lipinski definition) is 1. The van der Waals surface area contributed by atoms with Gasteiger partial charge in [0.1, 0.15) is 13.1 Å². The first-order chi connectivity index (χ1) is 11.8. The Kier molecular flexibility index (Phi) is 5.39. The van der Waals surface area contributed by atoms with Crippen LogP contribution in [-0.2, 0) is 4.79 Å². The van der Waals surface area contributed by atoms with E-state index in [1.54, 1.807) is 0 Å². The predicted molar refractivity (Wildman–Crippen MR) is 99.7 cm³/mol. The highest BCUT2D eigenvalue weighted by molar-refractivity contribution is 6.14. The molecular formula is C22H24NO+. The number of benzene rings is 2. The van der Waals surface area contributed by atoms with Gasteiger partial charge in [0, 0.05) is 0 Å². The molecule has 2 nitrogen and oxygen atoms in total. The van der Waals surface area contributed by atoms with E-state index in [0.29, 0.717) is 0 Å². The highest BCUT2D eigenvalue weighted by atomic mass is 16.1. The molecule has 1 aliphatic heterocycles. The number of Topliss-reactive ketones (excluding diaryl/α,β-unsaturated/α-hetero) is 1. The summed E-state index contributed by atoms with van der Waals surface area (Å²) < 4.78 is 0. The van der Waals surface area contributed by atoms with Gasteiger partial charge in [-0.1, -0.05) is 67.6 Å². The molecule has 2 aromatic carbocycles. The fourth-order valence-electron chi connectivity index (χ4n) is 3.23. The summed E-state index contributed by atoms with van der Waals surface area (Å²) >= 11 is 0. The highest BCUT2D eigenvalue weighted by Gasteiger charge is 2.28. The maximum Gasteiger partial charge on any atom is 0.196 e. The van der Waals surface area contributed by atoms with Gasteiger partial charge in [0.15, 0.2) is 5.78 Å². The third kappa shape index (κ3) is 4.09. The lowest BCUT2D eigenvalue weighted by Crippen LogP contribution is -3.13. The smallest absolute Gasteiger partial charge is 0.196 e. The summed E-state index contributed by atoms with van der Waals surface area (Å²) in [6.45, 7) is 4.91. The average Bonchev–Trinajstić information content (AvgIpc) is 2.61. The van der Waals surface area contributed by atoms with Crippen molar-refractivity contribution in [2.75, 3.05) is 19.6 Å². The lowest BCUT2D eigenvalue weighted by atomic mass is 9.94. The van der Waals surface area contributed by atoms with Crippen LogP contribution in [0.15, 0.2) is 71.8 Å². The molecule has 24 heavy (non-hydrogen) atoms. The van der Waals surface area contributed by atoms with Crippen LogP contribution in [0.1, 0.15) is 24.5 Å². The highest BCUT2D eigenvalue weighted by Crippen LogP contribution is 2.16. The van der Waals surface area contributed by atoms with Crippen molar-refractivity contribution in [3.05, 3.63) is 82.9 Å². The minimum Gasteiger partial charge on any atom is -0.327 e. The summed E-state index contributed by atoms with van der Waals surface area (Å²) in [4.78, 5) is 14.4. The van der Waals surface area contributed by atoms with Crippen molar-refractivity contribution in [3.63, 3.8) is 0 Å². The van der Waals surface area contributed by atoms with E-state index in [0.717, 1.165) is 48.3 Å². The van der Waals surface area contributed by atoms with Crippen LogP contribution in [0.3, 0.4) is 0 Å². The molecule has 0 amide bonds. The number of ketones is 1. The molecule has 2 heteroatoms. The summed E-state index contributed by atoms with van der Waals surface area (Å²) in [6.07, 6.45) is 5.23. The predicted octanol–water partition coefficient (Wildman–Crippen LogP) is 3.03. The summed E-state index contributed by atoms with van der Waals surface area (Å²) in [6, 6.07) is 20.2. The van der Waals surface area contributed by atoms with Gasteiger partial charge in [0.25, 0.3) is 0 Å². The van der Waals surface area contributed by atoms with Gasteiger partial charge in [-0.15, -0.1) is 0 Å². The molecule has 3 rings (SSSR count). The fourth-order valence-corrected chi connectivity index (χ4v) is 3.23. The molecule has 1 atom stereocenters. The van der Waals surface area contributed by atoms with Crippen molar-refractivity contribution in [2.45, 2.75) is 13.3 Å². The van der Waals surface area contributed by atoms with Gasteiger partial charge in [-0.25, -0.2) is 0 Å². The molecular weight excluding hydrogens is 294 g/mol. The number of rotatable bonds is 4. The van der Waals surface area contributed by atoms with E-state index in [4.69, 9.17) is 0 Å². The van der Waals surface area contributed by atoms with Crippen LogP contribution in [-0.4, -0.2) is 25.4 Å². The van der Waals surface area contributed by atoms with Crippen molar-refractivity contribution in [1.29, 1.82) is 0 Å². The zero-order valence-electron chi connectivity index (χ0n) is 14.2. The van der Waals surface area contributed by atoms with Crippen molar-refractivity contribution in [3.8, 4) is 0 Å². The number of likely N-dealkylation sites (tertiary alicyclic amines) is 1. The summed E-state index contributed by atoms with van der Waals surface area (Å²) in [7, 11) is 0. The van der Waals surface area contributed by atoms with Crippen molar-refractivity contribution in [2.24, 2.45) is 0 Å². The van der Waals surface area contributed by atoms with Crippen LogP contribution >= 0.6 is 0 Å². The van der Waals surface area contributed by atoms with Gasteiger partial charge in [-0.05, 0) is 29.7 Å². The van der Waals surface area contributed by atoms with Gasteiger partial charge in [0.2, 0.25) is 0 Å². The van der Waals surface area contributed by atoms with Crippen molar-refractivity contribution in [1.82, 2.24) is 0 Å². The molecule has 1 aliphatic rings. The van der Waals surface area contributed by atoms with Crippen LogP contribution in [0, 0.1) is 0 Å². The Morgan fingerprint density at radius 1 is 0.833 bits per heavy atom. The average molecular weight is 318 g/mol. The maximum absolute atomic E-state index is 12.9. The van der Waals surface area contributed by atoms with Crippen LogP contribution in [0.25, 0.3) is 12.2 Å². The zero-order valence-corrected chi connectivity index (χ0v) is 14.2. The van der Waals surface area contributed by atoms with E-state index in [-0.39, 0.29) is 5.78 Å². The van der Waals surface area contributed by atoms with Crippen LogP contribution in [0.2, 0.25) is 0 Å². The van der Waals surface area contributed by atoms with Gasteiger partial charge in [0.05, 0.1) is 17.7 Å². The van der Waals surface area contributed by atoms with Gasteiger partial charge in [-0.2, -0.15) is 0 Å². The second-order valence-corrected chi connectivity index (χ2v) is 6.34. The number of nitrogens with one attached hydrogen (secondary N) is 1. The lowest BCUT2D eigenvalue weighted by molar-refractivity contribution is -0.891. The largest absolute Gasteiger partial charge is 0.327 e. The fraction of sp³-hybridized carbons (Fsp3) is 0.227. The molecule has 1 N–H and O–H groups in total. The quantitative estimate of drug-likeness (QED) is 0.860. The van der Waals surface area contributed by atoms with Crippen molar-refractivity contribution >= 4 is 17.9 Å². The maximum atomic E-state index is 12.9. The normalized spacial score (nSPS) is 21.4. The molecule has 1 saturated heterocycles. The molecule has 2 aromatic rings. The topological polar surface area (TPSA) is 21.5 Å². The Morgan fingerprint density at radius 2 is 1.29 bits per heavy atom. The molecule has 0 spiro atoms. The summed E-state index contributed by atoms with van der Waals surface area (Å²) in [5, 5.41) is 0. The van der Waals surface area contributed by atoms with E-state index in [1.165, 1.54) is 4.90 Å². The number of piperidine rings is 1. The van der Waals surface area contributed by atoms with E-state index >= 15 is 0 Å². The third-order valence-electron chi connectivity index (χ3n) is 4.35. The first-order valence-corrected chi connectivity index (χ1v) is 8.66. The minimum atomic E-state index is 0.197. The summed E-state index contributed by atoms with van der Waals surface area (Å²) in [5.41, 5.74) is 4.02. The molecule has 0 saturated carbocycles. The number of hydrogen-bond acceptors (Lipinski definition) is 1. The third-order valence-corrected chi connectivity index (χ3v) is 4.35. The Hall–Kier alpha value is -2.45. The van der Waals surface area contributed by atoms with Crippen LogP contribution in [0.4, 0.5) is 0 Å². The van der Waals surface area contributed by atoms with Gasteiger partial charge < -0.3 is 4.90 Å². The minimum absolute atomic E-state index is 0.197. The Morgan fingerprint density at radius 3 is 1.71 bits per heavy atom. The van der Waals surface area contributed by atoms with Crippen LogP contribution in [0.5, 0.6) is 0 Å². The molecule has 1 fully saturated rings. The van der Waals surface area contributed by atoms with Gasteiger partial charge >= 0.3 is 0 Å². The standard InChI is InChI=1S/C22H23NO/c1-2-13-23-16-20(14-18-9-5-3-6-10-18)22(24)21(17-23)15-19-11-7-4-8-12-19/h3-12,14-15H,2,13,16-17H2,1H3/p+1/b20-14+,21-15?. The van der Waals surface area contributed by atoms with E-state index in [9.17, 15) is 4.79 Å². The Balaban J connectivity index is 1.93. The lowest BCUT2D eigenvalue weighted by Gasteiger charge is -2.26. The van der Waals surface area contributed by atoms with Crippen molar-refractivity contribution < 1.29 is 9.69 Å². The Labute approximate surface area is 144 Å². The molecule has 0 aliphatic carbocycles. The molecule has 1 heterocycles. The molecule has 0 bridgehead atoms. The second-order valence-electron chi connectivity index (χ2n) is 6.34. The number of carbonyl (C=O) groups is 1. The van der Waals surface area contributed by atoms with Crippen LogP contribution < -0.4 is 4.90 Å². The Bertz CT molecular complexity index is 683. The van der Waals surface area contributed by atoms with E-state index < -0.39 is 0 Å². The summed E-state index contributed by atoms with van der Waals surface area (Å²) in [5.74, 6) is 0.197.